The molecule has 1 aliphatic carbocycles. The maximum atomic E-state index is 12.1. The second-order valence-corrected chi connectivity index (χ2v) is 5.00. The summed E-state index contributed by atoms with van der Waals surface area (Å²) in [7, 11) is 0. The fourth-order valence-electron chi connectivity index (χ4n) is 2.41. The van der Waals surface area contributed by atoms with Crippen molar-refractivity contribution in [3.8, 4) is 0 Å². The van der Waals surface area contributed by atoms with Gasteiger partial charge >= 0.3 is 0 Å². The summed E-state index contributed by atoms with van der Waals surface area (Å²) in [5.74, 6) is 0.593. The van der Waals surface area contributed by atoms with Crippen molar-refractivity contribution in [1.82, 2.24) is 15.5 Å². The van der Waals surface area contributed by atoms with Crippen LogP contribution in [0, 0.1) is 0 Å². The zero-order valence-electron chi connectivity index (χ0n) is 11.5. The highest BCUT2D eigenvalue weighted by atomic mass is 16.2. The molecule has 1 aromatic rings. The van der Waals surface area contributed by atoms with Crippen LogP contribution in [0.4, 0.5) is 5.82 Å². The van der Waals surface area contributed by atoms with Crippen LogP contribution in [0.1, 0.15) is 55.9 Å². The molecule has 0 aliphatic heterocycles. The Hall–Kier alpha value is -1.65. The molecular weight excluding hydrogens is 240 g/mol. The number of aromatic nitrogens is 2. The minimum atomic E-state index is -0.109. The van der Waals surface area contributed by atoms with Crippen molar-refractivity contribution < 1.29 is 4.79 Å². The molecule has 2 N–H and O–H groups in total. The van der Waals surface area contributed by atoms with E-state index in [1.807, 2.05) is 6.92 Å². The van der Waals surface area contributed by atoms with Crippen molar-refractivity contribution >= 4 is 11.7 Å². The van der Waals surface area contributed by atoms with Crippen molar-refractivity contribution in [3.63, 3.8) is 0 Å². The number of carbonyl (C=O) groups is 1. The molecule has 5 nitrogen and oxygen atoms in total. The van der Waals surface area contributed by atoms with Crippen molar-refractivity contribution in [2.45, 2.75) is 51.5 Å². The number of amides is 1. The lowest BCUT2D eigenvalue weighted by molar-refractivity contribution is 0.0927. The first-order valence-electron chi connectivity index (χ1n) is 7.18. The molecule has 0 unspecified atom stereocenters. The van der Waals surface area contributed by atoms with E-state index in [1.54, 1.807) is 12.1 Å². The van der Waals surface area contributed by atoms with E-state index in [1.165, 1.54) is 25.7 Å². The SMILES string of the molecule is CCNc1ccc(C(=O)NC2CCCCCC2)nn1. The van der Waals surface area contributed by atoms with Crippen molar-refractivity contribution in [3.05, 3.63) is 17.8 Å². The fourth-order valence-corrected chi connectivity index (χ4v) is 2.41. The molecule has 104 valence electrons. The van der Waals surface area contributed by atoms with Gasteiger partial charge in [0.05, 0.1) is 0 Å². The number of carbonyl (C=O) groups excluding carboxylic acids is 1. The minimum Gasteiger partial charge on any atom is -0.369 e. The molecule has 1 fully saturated rings. The van der Waals surface area contributed by atoms with Gasteiger partial charge in [-0.2, -0.15) is 0 Å². The summed E-state index contributed by atoms with van der Waals surface area (Å²) in [5.41, 5.74) is 0.394. The van der Waals surface area contributed by atoms with Gasteiger partial charge in [0.25, 0.3) is 5.91 Å². The van der Waals surface area contributed by atoms with Crippen molar-refractivity contribution in [2.24, 2.45) is 0 Å². The first-order chi connectivity index (χ1) is 9.29. The Morgan fingerprint density at radius 2 is 1.95 bits per heavy atom. The van der Waals surface area contributed by atoms with Crippen molar-refractivity contribution in [1.29, 1.82) is 0 Å². The first-order valence-corrected chi connectivity index (χ1v) is 7.18. The molecule has 1 saturated carbocycles. The van der Waals surface area contributed by atoms with Gasteiger partial charge in [-0.15, -0.1) is 10.2 Å². The van der Waals surface area contributed by atoms with Crippen LogP contribution in [-0.2, 0) is 0 Å². The van der Waals surface area contributed by atoms with Gasteiger partial charge in [0.2, 0.25) is 0 Å². The molecule has 0 saturated heterocycles. The van der Waals surface area contributed by atoms with E-state index < -0.39 is 0 Å². The Labute approximate surface area is 114 Å². The van der Waals surface area contributed by atoms with Gasteiger partial charge in [-0.3, -0.25) is 4.79 Å². The summed E-state index contributed by atoms with van der Waals surface area (Å²) in [4.78, 5) is 12.1. The van der Waals surface area contributed by atoms with Gasteiger partial charge in [-0.25, -0.2) is 0 Å². The molecule has 1 amide bonds. The number of nitrogens with one attached hydrogen (secondary N) is 2. The van der Waals surface area contributed by atoms with Crippen LogP contribution in [0.25, 0.3) is 0 Å². The van der Waals surface area contributed by atoms with E-state index in [0.29, 0.717) is 17.6 Å². The van der Waals surface area contributed by atoms with Crippen LogP contribution in [0.3, 0.4) is 0 Å². The molecule has 0 radical (unpaired) electrons. The van der Waals surface area contributed by atoms with Crippen LogP contribution in [0.5, 0.6) is 0 Å². The van der Waals surface area contributed by atoms with Gasteiger partial charge in [0.15, 0.2) is 5.69 Å². The van der Waals surface area contributed by atoms with E-state index in [0.717, 1.165) is 19.4 Å². The third-order valence-corrected chi connectivity index (χ3v) is 3.45. The van der Waals surface area contributed by atoms with Gasteiger partial charge in [0, 0.05) is 12.6 Å². The maximum absolute atomic E-state index is 12.1. The maximum Gasteiger partial charge on any atom is 0.272 e. The fraction of sp³-hybridized carbons (Fsp3) is 0.643. The summed E-state index contributed by atoms with van der Waals surface area (Å²) in [6, 6.07) is 3.81. The summed E-state index contributed by atoms with van der Waals surface area (Å²) in [6.45, 7) is 2.79. The van der Waals surface area contributed by atoms with E-state index in [2.05, 4.69) is 20.8 Å². The van der Waals surface area contributed by atoms with E-state index >= 15 is 0 Å². The Balaban J connectivity index is 1.91. The quantitative estimate of drug-likeness (QED) is 0.817. The number of hydrogen-bond acceptors (Lipinski definition) is 4. The van der Waals surface area contributed by atoms with Crippen LogP contribution >= 0.6 is 0 Å². The molecule has 1 aliphatic rings. The zero-order chi connectivity index (χ0) is 13.5. The highest BCUT2D eigenvalue weighted by molar-refractivity contribution is 5.92. The predicted octanol–water partition coefficient (Wildman–Crippen LogP) is 2.36. The molecule has 1 aromatic heterocycles. The molecule has 0 bridgehead atoms. The number of hydrogen-bond donors (Lipinski definition) is 2. The molecule has 19 heavy (non-hydrogen) atoms. The second kappa shape index (κ2) is 7.07. The third-order valence-electron chi connectivity index (χ3n) is 3.45. The number of rotatable bonds is 4. The Bertz CT molecular complexity index is 396. The minimum absolute atomic E-state index is 0.109. The van der Waals surface area contributed by atoms with Crippen LogP contribution < -0.4 is 10.6 Å². The summed E-state index contributed by atoms with van der Waals surface area (Å²) in [5, 5.41) is 14.1. The second-order valence-electron chi connectivity index (χ2n) is 5.00. The summed E-state index contributed by atoms with van der Waals surface area (Å²) >= 11 is 0. The molecular formula is C14H22N4O. The van der Waals surface area contributed by atoms with E-state index in [4.69, 9.17) is 0 Å². The highest BCUT2D eigenvalue weighted by Crippen LogP contribution is 2.17. The molecule has 5 heteroatoms. The van der Waals surface area contributed by atoms with Gasteiger partial charge < -0.3 is 10.6 Å². The summed E-state index contributed by atoms with van der Waals surface area (Å²) < 4.78 is 0. The van der Waals surface area contributed by atoms with Crippen LogP contribution in [0.15, 0.2) is 12.1 Å². The highest BCUT2D eigenvalue weighted by Gasteiger charge is 2.16. The van der Waals surface area contributed by atoms with Crippen molar-refractivity contribution in [2.75, 3.05) is 11.9 Å². The van der Waals surface area contributed by atoms with Crippen LogP contribution in [0.2, 0.25) is 0 Å². The normalized spacial score (nSPS) is 16.7. The Morgan fingerprint density at radius 3 is 2.53 bits per heavy atom. The molecule has 2 rings (SSSR count). The smallest absolute Gasteiger partial charge is 0.272 e. The van der Waals surface area contributed by atoms with Crippen LogP contribution in [-0.4, -0.2) is 28.7 Å². The predicted molar refractivity (Wildman–Crippen MR) is 75.2 cm³/mol. The molecule has 1 heterocycles. The lowest BCUT2D eigenvalue weighted by Crippen LogP contribution is -2.35. The van der Waals surface area contributed by atoms with E-state index in [9.17, 15) is 4.79 Å². The average Bonchev–Trinajstić information content (AvgIpc) is 2.68. The standard InChI is InChI=1S/C14H22N4O/c1-2-15-13-10-9-12(17-18-13)14(19)16-11-7-5-3-4-6-8-11/h9-11H,2-8H2,1H3,(H,15,18)(H,16,19). The molecule has 0 atom stereocenters. The largest absolute Gasteiger partial charge is 0.369 e. The monoisotopic (exact) mass is 262 g/mol. The number of anilines is 1. The zero-order valence-corrected chi connectivity index (χ0v) is 11.5. The van der Waals surface area contributed by atoms with Gasteiger partial charge in [-0.05, 0) is 31.9 Å². The topological polar surface area (TPSA) is 66.9 Å². The third kappa shape index (κ3) is 4.19. The van der Waals surface area contributed by atoms with E-state index in [-0.39, 0.29) is 5.91 Å². The first kappa shape index (κ1) is 13.8. The van der Waals surface area contributed by atoms with Gasteiger partial charge in [-0.1, -0.05) is 25.7 Å². The lowest BCUT2D eigenvalue weighted by Gasteiger charge is -2.15. The lowest BCUT2D eigenvalue weighted by atomic mass is 10.1. The summed E-state index contributed by atoms with van der Waals surface area (Å²) in [6.07, 6.45) is 7.13. The molecule has 0 spiro atoms. The Morgan fingerprint density at radius 1 is 1.21 bits per heavy atom. The Kier molecular flexibility index (Phi) is 5.12. The van der Waals surface area contributed by atoms with Gasteiger partial charge in [0.1, 0.15) is 5.82 Å². The number of nitrogens with zero attached hydrogens (tertiary/aromatic N) is 2. The molecule has 0 aromatic carbocycles. The average molecular weight is 262 g/mol.